The monoisotopic (exact) mass is 294 g/mol. The molecule has 2 nitrogen and oxygen atoms in total. The van der Waals surface area contributed by atoms with Crippen LogP contribution < -0.4 is 0 Å². The molecule has 0 spiro atoms. The van der Waals surface area contributed by atoms with Crippen LogP contribution in [0.25, 0.3) is 0 Å². The first kappa shape index (κ1) is 18.4. The van der Waals surface area contributed by atoms with Gasteiger partial charge >= 0.3 is 0 Å². The number of hydrogen-bond donors (Lipinski definition) is 0. The van der Waals surface area contributed by atoms with Crippen molar-refractivity contribution in [2.45, 2.75) is 103 Å². The van der Waals surface area contributed by atoms with Gasteiger partial charge in [0, 0.05) is 25.2 Å². The molecule has 0 N–H and O–H groups in total. The lowest BCUT2D eigenvalue weighted by Crippen LogP contribution is -2.24. The highest BCUT2D eigenvalue weighted by atomic mass is 16.1. The Hall–Kier alpha value is -0.660. The van der Waals surface area contributed by atoms with Crippen molar-refractivity contribution in [2.24, 2.45) is 5.92 Å². The number of unbranched alkanes of at least 4 members (excludes halogenated alkanes) is 10. The lowest BCUT2D eigenvalue weighted by Gasteiger charge is -2.19. The summed E-state index contributed by atoms with van der Waals surface area (Å²) in [6, 6.07) is 0. The average molecular weight is 294 g/mol. The average Bonchev–Trinajstić information content (AvgIpc) is 2.48. The van der Waals surface area contributed by atoms with Crippen LogP contribution >= 0.6 is 0 Å². The number of hydrogen-bond acceptors (Lipinski definition) is 2. The second-order valence-electron chi connectivity index (χ2n) is 6.73. The van der Waals surface area contributed by atoms with Crippen molar-refractivity contribution in [3.8, 4) is 0 Å². The molecule has 1 rings (SSSR count). The van der Waals surface area contributed by atoms with Crippen molar-refractivity contribution in [1.82, 2.24) is 0 Å². The number of rotatable bonds is 12. The van der Waals surface area contributed by atoms with Crippen molar-refractivity contribution >= 4 is 11.6 Å². The van der Waals surface area contributed by atoms with Gasteiger partial charge in [0.15, 0.2) is 0 Å². The fourth-order valence-electron chi connectivity index (χ4n) is 3.28. The van der Waals surface area contributed by atoms with Crippen LogP contribution in [0.4, 0.5) is 0 Å². The molecule has 21 heavy (non-hydrogen) atoms. The molecule has 0 aromatic heterocycles. The summed E-state index contributed by atoms with van der Waals surface area (Å²) in [5, 5.41) is 0. The molecule has 1 unspecified atom stereocenters. The Kier molecular flexibility index (Phi) is 10.5. The molecular weight excluding hydrogens is 260 g/mol. The molecule has 2 heteroatoms. The smallest absolute Gasteiger partial charge is 0.136 e. The van der Waals surface area contributed by atoms with E-state index < -0.39 is 0 Å². The Bertz CT molecular complexity index is 296. The normalized spacial score (nSPS) is 19.2. The van der Waals surface area contributed by atoms with E-state index in [1.165, 1.54) is 64.2 Å². The zero-order valence-corrected chi connectivity index (χ0v) is 14.0. The Morgan fingerprint density at radius 3 is 1.86 bits per heavy atom. The molecule has 1 saturated carbocycles. The Morgan fingerprint density at radius 2 is 1.29 bits per heavy atom. The fraction of sp³-hybridized carbons (Fsp3) is 0.895. The van der Waals surface area contributed by atoms with Crippen LogP contribution in [0.3, 0.4) is 0 Å². The zero-order chi connectivity index (χ0) is 15.3. The molecule has 1 aliphatic carbocycles. The molecular formula is C19H34O2. The highest BCUT2D eigenvalue weighted by Gasteiger charge is 2.26. The minimum atomic E-state index is 0.0600. The molecule has 122 valence electrons. The summed E-state index contributed by atoms with van der Waals surface area (Å²) in [6.45, 7) is 2.26. The van der Waals surface area contributed by atoms with Crippen LogP contribution in [0.1, 0.15) is 103 Å². The predicted octanol–water partition coefficient (Wildman–Crippen LogP) is 5.63. The molecule has 0 bridgehead atoms. The van der Waals surface area contributed by atoms with E-state index in [-0.39, 0.29) is 5.92 Å². The minimum absolute atomic E-state index is 0.0600. The molecule has 0 saturated heterocycles. The van der Waals surface area contributed by atoms with Crippen LogP contribution in [0.2, 0.25) is 0 Å². The molecule has 0 amide bonds. The summed E-state index contributed by atoms with van der Waals surface area (Å²) in [5.74, 6) is 0.689. The number of carbonyl (C=O) groups excluding carboxylic acids is 2. The standard InChI is InChI=1S/C19H34O2/c1-2-3-4-5-6-7-8-9-10-11-12-13-17-16-18(20)14-15-19(17)21/h17H,2-16H2,1H3. The second kappa shape index (κ2) is 11.9. The quantitative estimate of drug-likeness (QED) is 0.437. The van der Waals surface area contributed by atoms with Gasteiger partial charge in [-0.15, -0.1) is 0 Å². The van der Waals surface area contributed by atoms with E-state index in [0.717, 1.165) is 12.8 Å². The van der Waals surface area contributed by atoms with E-state index in [4.69, 9.17) is 0 Å². The van der Waals surface area contributed by atoms with Gasteiger partial charge in [-0.3, -0.25) is 9.59 Å². The van der Waals surface area contributed by atoms with E-state index in [0.29, 0.717) is 30.8 Å². The second-order valence-corrected chi connectivity index (χ2v) is 6.73. The van der Waals surface area contributed by atoms with Gasteiger partial charge < -0.3 is 0 Å². The number of ketones is 2. The van der Waals surface area contributed by atoms with Gasteiger partial charge in [-0.2, -0.15) is 0 Å². The maximum Gasteiger partial charge on any atom is 0.136 e. The van der Waals surface area contributed by atoms with Gasteiger partial charge in [-0.25, -0.2) is 0 Å². The van der Waals surface area contributed by atoms with E-state index in [9.17, 15) is 9.59 Å². The predicted molar refractivity (Wildman–Crippen MR) is 88.4 cm³/mol. The first-order valence-electron chi connectivity index (χ1n) is 9.28. The SMILES string of the molecule is CCCCCCCCCCCCCC1CC(=O)CCC1=O. The van der Waals surface area contributed by atoms with Crippen molar-refractivity contribution in [2.75, 3.05) is 0 Å². The summed E-state index contributed by atoms with van der Waals surface area (Å²) in [7, 11) is 0. The van der Waals surface area contributed by atoms with E-state index in [1.807, 2.05) is 0 Å². The Labute approximate surface area is 131 Å². The Balaban J connectivity index is 1.86. The maximum atomic E-state index is 11.7. The van der Waals surface area contributed by atoms with E-state index in [2.05, 4.69) is 6.92 Å². The molecule has 0 aromatic carbocycles. The molecule has 1 aliphatic rings. The first-order chi connectivity index (χ1) is 10.2. The summed E-state index contributed by atoms with van der Waals surface area (Å²) >= 11 is 0. The fourth-order valence-corrected chi connectivity index (χ4v) is 3.28. The van der Waals surface area contributed by atoms with Gasteiger partial charge in [0.05, 0.1) is 0 Å². The van der Waals surface area contributed by atoms with E-state index >= 15 is 0 Å². The highest BCUT2D eigenvalue weighted by Crippen LogP contribution is 2.23. The van der Waals surface area contributed by atoms with Gasteiger partial charge in [0.2, 0.25) is 0 Å². The van der Waals surface area contributed by atoms with E-state index in [1.54, 1.807) is 0 Å². The van der Waals surface area contributed by atoms with Crippen LogP contribution in [-0.2, 0) is 9.59 Å². The summed E-state index contributed by atoms with van der Waals surface area (Å²) in [4.78, 5) is 23.1. The molecule has 0 heterocycles. The summed E-state index contributed by atoms with van der Waals surface area (Å²) in [6.07, 6.45) is 17.1. The van der Waals surface area contributed by atoms with Crippen molar-refractivity contribution in [1.29, 1.82) is 0 Å². The largest absolute Gasteiger partial charge is 0.300 e. The van der Waals surface area contributed by atoms with Gasteiger partial charge in [0.1, 0.15) is 11.6 Å². The molecule has 1 atom stereocenters. The summed E-state index contributed by atoms with van der Waals surface area (Å²) < 4.78 is 0. The van der Waals surface area contributed by atoms with Crippen molar-refractivity contribution in [3.05, 3.63) is 0 Å². The Morgan fingerprint density at radius 1 is 0.762 bits per heavy atom. The zero-order valence-electron chi connectivity index (χ0n) is 14.0. The number of Topliss-reactive ketones (excluding diaryl/α,β-unsaturated/α-hetero) is 2. The molecule has 0 aliphatic heterocycles. The van der Waals surface area contributed by atoms with Gasteiger partial charge in [0.25, 0.3) is 0 Å². The van der Waals surface area contributed by atoms with Crippen LogP contribution in [0, 0.1) is 5.92 Å². The van der Waals surface area contributed by atoms with Gasteiger partial charge in [-0.1, -0.05) is 77.6 Å². The van der Waals surface area contributed by atoms with Gasteiger partial charge in [-0.05, 0) is 6.42 Å². The topological polar surface area (TPSA) is 34.1 Å². The molecule has 0 radical (unpaired) electrons. The maximum absolute atomic E-state index is 11.7. The van der Waals surface area contributed by atoms with Crippen LogP contribution in [0.5, 0.6) is 0 Å². The van der Waals surface area contributed by atoms with Crippen molar-refractivity contribution < 1.29 is 9.59 Å². The lowest BCUT2D eigenvalue weighted by molar-refractivity contribution is -0.133. The minimum Gasteiger partial charge on any atom is -0.300 e. The first-order valence-corrected chi connectivity index (χ1v) is 9.28. The number of carbonyl (C=O) groups is 2. The third-order valence-corrected chi connectivity index (χ3v) is 4.74. The highest BCUT2D eigenvalue weighted by molar-refractivity contribution is 5.94. The third kappa shape index (κ3) is 9.06. The molecule has 1 fully saturated rings. The lowest BCUT2D eigenvalue weighted by atomic mass is 9.83. The third-order valence-electron chi connectivity index (χ3n) is 4.74. The van der Waals surface area contributed by atoms with Crippen LogP contribution in [0.15, 0.2) is 0 Å². The van der Waals surface area contributed by atoms with Crippen LogP contribution in [-0.4, -0.2) is 11.6 Å². The van der Waals surface area contributed by atoms with Crippen molar-refractivity contribution in [3.63, 3.8) is 0 Å². The molecule has 0 aromatic rings. The summed E-state index contributed by atoms with van der Waals surface area (Å²) in [5.41, 5.74) is 0.